The van der Waals surface area contributed by atoms with E-state index in [9.17, 15) is 20.4 Å². The van der Waals surface area contributed by atoms with Crippen LogP contribution in [0.3, 0.4) is 0 Å². The van der Waals surface area contributed by atoms with Gasteiger partial charge in [0.2, 0.25) is 5.69 Å². The topological polar surface area (TPSA) is 186 Å². The molecule has 2 unspecified atom stereocenters. The summed E-state index contributed by atoms with van der Waals surface area (Å²) in [6.45, 7) is 19.0. The molecule has 11 heterocycles. The molecule has 2 atom stereocenters. The minimum atomic E-state index is -0.865. The predicted molar refractivity (Wildman–Crippen MR) is 510 cm³/mol. The van der Waals surface area contributed by atoms with Crippen molar-refractivity contribution in [2.45, 2.75) is 126 Å². The summed E-state index contributed by atoms with van der Waals surface area (Å²) >= 11 is 0. The Morgan fingerprint density at radius 1 is 0.317 bits per heavy atom. The summed E-state index contributed by atoms with van der Waals surface area (Å²) < 4.78 is 2.28. The van der Waals surface area contributed by atoms with Gasteiger partial charge in [-0.25, -0.2) is 20.0 Å². The van der Waals surface area contributed by atoms with Gasteiger partial charge < -0.3 is 20.4 Å². The third kappa shape index (κ3) is 21.8. The van der Waals surface area contributed by atoms with Gasteiger partial charge in [0.1, 0.15) is 23.7 Å². The third-order valence-corrected chi connectivity index (χ3v) is 23.1. The average molecular weight is 2110 g/mol. The Hall–Kier alpha value is -10.3. The number of rotatable bonds is 14. The second-order valence-corrected chi connectivity index (χ2v) is 30.5. The second kappa shape index (κ2) is 45.4. The molecule has 0 spiro atoms. The number of aliphatic imine (C=N–C) groups is 4. The molecular formula is C110H102Eu2N9O4Pt+. The van der Waals surface area contributed by atoms with Crippen LogP contribution in [-0.4, -0.2) is 63.2 Å². The molecule has 126 heavy (non-hydrogen) atoms. The molecule has 0 fully saturated rings. The van der Waals surface area contributed by atoms with Gasteiger partial charge in [-0.05, 0) is 214 Å². The zero-order valence-corrected chi connectivity index (χ0v) is 79.2. The monoisotopic (exact) mass is 2110 g/mol. The van der Waals surface area contributed by atoms with E-state index in [4.69, 9.17) is 20.0 Å². The van der Waals surface area contributed by atoms with Crippen molar-refractivity contribution in [3.8, 4) is 11.3 Å². The van der Waals surface area contributed by atoms with Crippen molar-refractivity contribution < 1.29 is 145 Å². The normalized spacial score (nSPS) is 14.7. The van der Waals surface area contributed by atoms with E-state index in [1.54, 1.807) is 36.9 Å². The first-order valence-corrected chi connectivity index (χ1v) is 42.9. The van der Waals surface area contributed by atoms with E-state index >= 15 is 0 Å². The molecule has 0 amide bonds. The van der Waals surface area contributed by atoms with Crippen LogP contribution in [0, 0.1) is 98.8 Å². The molecule has 4 N–H and O–H groups in total. The fraction of sp³-hybridized carbons (Fsp3) is 0.173. The Bertz CT molecular complexity index is 6320. The molecule has 0 aliphatic carbocycles. The number of hydrogen-bond acceptors (Lipinski definition) is 12. The van der Waals surface area contributed by atoms with Crippen LogP contribution >= 0.6 is 0 Å². The van der Waals surface area contributed by atoms with Crippen molar-refractivity contribution in [2.75, 3.05) is 0 Å². The predicted octanol–water partition coefficient (Wildman–Crippen LogP) is 26.3. The molecule has 0 saturated heterocycles. The Morgan fingerprint density at radius 2 is 0.643 bits per heavy atom. The minimum absolute atomic E-state index is 0. The van der Waals surface area contributed by atoms with Crippen LogP contribution in [0.5, 0.6) is 0 Å². The molecule has 6 aliphatic heterocycles. The summed E-state index contributed by atoms with van der Waals surface area (Å²) in [7, 11) is 0. The van der Waals surface area contributed by atoms with Gasteiger partial charge in [-0.2, -0.15) is 4.57 Å². The second-order valence-electron chi connectivity index (χ2n) is 30.5. The number of aromatic nitrogens is 5. The summed E-state index contributed by atoms with van der Waals surface area (Å²) in [5, 5.41) is 49.6. The van der Waals surface area contributed by atoms with Gasteiger partial charge in [-0.3, -0.25) is 19.9 Å². The smallest absolute Gasteiger partial charge is 0.213 e. The van der Waals surface area contributed by atoms with Crippen molar-refractivity contribution in [3.63, 3.8) is 0 Å². The van der Waals surface area contributed by atoms with Crippen LogP contribution in [0.1, 0.15) is 147 Å². The molecule has 8 bridgehead atoms. The molecule has 13 nitrogen and oxygen atoms in total. The maximum Gasteiger partial charge on any atom is 0.213 e. The zero-order valence-electron chi connectivity index (χ0n) is 72.1. The number of aliphatic hydroxyl groups excluding tert-OH is 4. The molecule has 2 radical (unpaired) electrons. The van der Waals surface area contributed by atoms with Crippen molar-refractivity contribution in [1.29, 1.82) is 0 Å². The van der Waals surface area contributed by atoms with Gasteiger partial charge in [0.15, 0.2) is 12.7 Å². The first-order chi connectivity index (χ1) is 60.3. The number of hydrogen-bond donors (Lipinski definition) is 4. The first kappa shape index (κ1) is 94.9. The fourth-order valence-corrected chi connectivity index (χ4v) is 16.9. The van der Waals surface area contributed by atoms with E-state index in [1.165, 1.54) is 73.6 Å². The molecular weight excluding hydrogens is 2010 g/mol. The van der Waals surface area contributed by atoms with Crippen LogP contribution in [0.15, 0.2) is 416 Å². The number of pyridine rings is 5. The van der Waals surface area contributed by atoms with Crippen molar-refractivity contribution >= 4 is 99.5 Å². The Morgan fingerprint density at radius 3 is 1.06 bits per heavy atom. The third-order valence-electron chi connectivity index (χ3n) is 23.1. The van der Waals surface area contributed by atoms with E-state index < -0.39 is 12.2 Å². The number of allylic oxidation sites excluding steroid dienone is 12. The zero-order chi connectivity index (χ0) is 85.3. The molecule has 5 aromatic heterocycles. The van der Waals surface area contributed by atoms with E-state index in [2.05, 4.69) is 201 Å². The van der Waals surface area contributed by atoms with Gasteiger partial charge >= 0.3 is 0 Å². The summed E-state index contributed by atoms with van der Waals surface area (Å²) in [6.07, 6.45) is 27.2. The van der Waals surface area contributed by atoms with Crippen molar-refractivity contribution in [3.05, 3.63) is 423 Å². The van der Waals surface area contributed by atoms with Gasteiger partial charge in [0, 0.05) is 195 Å². The summed E-state index contributed by atoms with van der Waals surface area (Å²) in [5.41, 5.74) is 30.1. The summed E-state index contributed by atoms with van der Waals surface area (Å²) in [6, 6.07) is 85.2. The largest absolute Gasteiger partial charge is 0.508 e. The number of nitrogens with zero attached hydrogens (tertiary/aromatic N) is 9. The van der Waals surface area contributed by atoms with E-state index in [0.29, 0.717) is 11.1 Å². The molecule has 6 aliphatic rings. The van der Waals surface area contributed by atoms with Crippen LogP contribution in [0.4, 0.5) is 0 Å². The average Bonchev–Trinajstić information content (AvgIpc) is 1.55. The molecule has 0 saturated carbocycles. The van der Waals surface area contributed by atoms with Crippen LogP contribution < -0.4 is 4.57 Å². The Labute approximate surface area is 834 Å². The van der Waals surface area contributed by atoms with Gasteiger partial charge in [-0.15, -0.1) is 0 Å². The number of aliphatic hydroxyl groups is 4. The van der Waals surface area contributed by atoms with Gasteiger partial charge in [-0.1, -0.05) is 256 Å². The van der Waals surface area contributed by atoms with E-state index in [1.807, 2.05) is 158 Å². The van der Waals surface area contributed by atoms with E-state index in [0.717, 1.165) is 180 Å². The maximum atomic E-state index is 10.5. The standard InChI is InChI=1S/C36H44N4.C23H18O2.C15H14O2.2C12H8N2.C12H10N.2Eu.Pt/c1-9-21-22(10-2)30-18-32-25(13-5)26(14-6)34(39-32)20-36-28(16-8)27(15-7)35(40-36)19-33-24(12-4)23(11-3)31(38-33)17-29(21)37-30;24-22(20-11-9-16-5-1-3-7-18(16)13-20)15-23(25)21-12-10-17-6-2-4-8-19(17)14-21;16-14(12-7-3-1-4-8-12)11-15(17)13-9-5-2-6-10-13;2*1-3-9-5-6-10-4-2-8-14-12(10)11(9)13-7-1;1-2-6-11-10(5-1)9-13-8-4-3-7-12(11)13;;;/h17-20H,9-16H2,1-8H3;1-15,22,24-25H;1-11,14,16-17H;2*1-8H;1-8H,9H2;;;/q;;;;;+1;;;. The molecule has 634 valence electrons. The summed E-state index contributed by atoms with van der Waals surface area (Å²) in [4.78, 5) is 38.4. The van der Waals surface area contributed by atoms with Crippen LogP contribution in [0.25, 0.3) is 87.9 Å². The first-order valence-electron chi connectivity index (χ1n) is 42.9. The molecule has 16 heteroatoms. The quantitative estimate of drug-likeness (QED) is 0.0471. The number of benzene rings is 9. The Kier molecular flexibility index (Phi) is 34.2. The molecule has 20 rings (SSSR count). The van der Waals surface area contributed by atoms with Crippen LogP contribution in [-0.2, 0) is 27.6 Å². The SMILES string of the molecule is CCC1=C(CC)C2=NC1=CC1=NC(=CC3=NC(=CC4=NC(=C2)C(CC)=C4CC)C(CC)=C3CC)C(CC)=C1CC.OC(=CC(O)c1ccc2ccccc2c1)c1ccc2ccccc2c1.OC(=CC(O)c1ccccc1)c1ccccc1.[Eu].[Eu].[Pt].c1ccc2c(c1)C[n+]1ccccc1-2.c1cnc2c(c1)ccc1cccnc12.c1cnc2c(c1)ccc1cccnc12. The Balaban J connectivity index is 0.000000145. The molecule has 9 aromatic carbocycles. The van der Waals surface area contributed by atoms with Crippen molar-refractivity contribution in [1.82, 2.24) is 19.9 Å². The molecule has 14 aromatic rings. The van der Waals surface area contributed by atoms with E-state index in [-0.39, 0.29) is 131 Å². The minimum Gasteiger partial charge on any atom is -0.508 e. The maximum absolute atomic E-state index is 10.5. The van der Waals surface area contributed by atoms with Crippen LogP contribution in [0.2, 0.25) is 0 Å². The van der Waals surface area contributed by atoms with Gasteiger partial charge in [0.25, 0.3) is 0 Å². The summed E-state index contributed by atoms with van der Waals surface area (Å²) in [5.74, 6) is 0.161. The fourth-order valence-electron chi connectivity index (χ4n) is 16.9. The van der Waals surface area contributed by atoms with Crippen molar-refractivity contribution in [2.24, 2.45) is 20.0 Å². The van der Waals surface area contributed by atoms with Gasteiger partial charge in [0.05, 0.1) is 73.3 Å². The number of fused-ring (bicyclic) bond motifs is 15.